The van der Waals surface area contributed by atoms with Gasteiger partial charge in [0.2, 0.25) is 0 Å². The molecule has 0 saturated heterocycles. The fourth-order valence-electron chi connectivity index (χ4n) is 1.87. The summed E-state index contributed by atoms with van der Waals surface area (Å²) in [5.41, 5.74) is 4.23. The first-order chi connectivity index (χ1) is 8.24. The third kappa shape index (κ3) is 2.00. The van der Waals surface area contributed by atoms with Crippen molar-refractivity contribution >= 4 is 24.0 Å². The Labute approximate surface area is 109 Å². The van der Waals surface area contributed by atoms with Gasteiger partial charge in [0.25, 0.3) is 0 Å². The largest absolute Gasteiger partial charge is 0.341 e. The van der Waals surface area contributed by atoms with Crippen molar-refractivity contribution in [3.8, 4) is 11.5 Å². The summed E-state index contributed by atoms with van der Waals surface area (Å²) in [6, 6.07) is 5.91. The number of hydrogen-bond acceptors (Lipinski definition) is 4. The van der Waals surface area contributed by atoms with Gasteiger partial charge in [-0.2, -0.15) is 11.8 Å². The van der Waals surface area contributed by atoms with Crippen LogP contribution in [0.2, 0.25) is 0 Å². The molecule has 0 atom stereocenters. The van der Waals surface area contributed by atoms with Crippen LogP contribution in [0.15, 0.2) is 18.2 Å². The van der Waals surface area contributed by atoms with Gasteiger partial charge in [-0.25, -0.2) is 9.97 Å². The van der Waals surface area contributed by atoms with Gasteiger partial charge in [0.05, 0.1) is 0 Å². The van der Waals surface area contributed by atoms with Crippen LogP contribution in [0.25, 0.3) is 11.5 Å². The van der Waals surface area contributed by atoms with Crippen molar-refractivity contribution in [3.05, 3.63) is 39.8 Å². The number of thioether (sulfide) groups is 1. The highest BCUT2D eigenvalue weighted by Crippen LogP contribution is 2.29. The predicted molar refractivity (Wildman–Crippen MR) is 72.4 cm³/mol. The average Bonchev–Trinajstić information content (AvgIpc) is 2.77. The quantitative estimate of drug-likeness (QED) is 0.800. The molecule has 3 nitrogen and oxygen atoms in total. The highest BCUT2D eigenvalue weighted by atomic mass is 32.2. The van der Waals surface area contributed by atoms with Crippen LogP contribution in [0.3, 0.4) is 0 Å². The van der Waals surface area contributed by atoms with Gasteiger partial charge in [0, 0.05) is 28.5 Å². The number of pyridine rings is 1. The lowest BCUT2D eigenvalue weighted by molar-refractivity contribution is 1.04. The molecule has 0 aromatic carbocycles. The van der Waals surface area contributed by atoms with E-state index in [0.29, 0.717) is 4.64 Å². The van der Waals surface area contributed by atoms with Gasteiger partial charge >= 0.3 is 0 Å². The predicted octanol–water partition coefficient (Wildman–Crippen LogP) is 3.26. The molecule has 1 aliphatic heterocycles. The van der Waals surface area contributed by atoms with Crippen molar-refractivity contribution in [2.45, 2.75) is 18.4 Å². The zero-order chi connectivity index (χ0) is 11.8. The van der Waals surface area contributed by atoms with Crippen LogP contribution in [-0.4, -0.2) is 15.0 Å². The number of aryl methyl sites for hydroxylation is 1. The Morgan fingerprint density at radius 1 is 1.29 bits per heavy atom. The second kappa shape index (κ2) is 4.23. The van der Waals surface area contributed by atoms with Crippen molar-refractivity contribution in [2.24, 2.45) is 0 Å². The van der Waals surface area contributed by atoms with E-state index in [2.05, 4.69) is 15.0 Å². The SMILES string of the molecule is Cc1cccc(-c2nc(=S)c3c([nH]2)CSC3)n1. The molecule has 3 rings (SSSR count). The Hall–Kier alpha value is -1.20. The van der Waals surface area contributed by atoms with Crippen LogP contribution < -0.4 is 0 Å². The van der Waals surface area contributed by atoms with E-state index in [0.717, 1.165) is 28.7 Å². The molecule has 0 unspecified atom stereocenters. The van der Waals surface area contributed by atoms with E-state index in [1.807, 2.05) is 36.9 Å². The third-order valence-corrected chi connectivity index (χ3v) is 4.05. The molecule has 0 aliphatic carbocycles. The summed E-state index contributed by atoms with van der Waals surface area (Å²) >= 11 is 7.19. The number of nitrogens with zero attached hydrogens (tertiary/aromatic N) is 2. The Morgan fingerprint density at radius 2 is 2.18 bits per heavy atom. The van der Waals surface area contributed by atoms with Crippen LogP contribution >= 0.6 is 24.0 Å². The maximum atomic E-state index is 5.33. The minimum Gasteiger partial charge on any atom is -0.341 e. The Morgan fingerprint density at radius 3 is 3.00 bits per heavy atom. The first-order valence-electron chi connectivity index (χ1n) is 5.38. The summed E-state index contributed by atoms with van der Waals surface area (Å²) in [5.74, 6) is 2.74. The van der Waals surface area contributed by atoms with Gasteiger partial charge in [0.1, 0.15) is 10.3 Å². The summed E-state index contributed by atoms with van der Waals surface area (Å²) in [4.78, 5) is 12.3. The van der Waals surface area contributed by atoms with Crippen LogP contribution in [0.1, 0.15) is 17.0 Å². The standard InChI is InChI=1S/C12H11N3S2/c1-7-3-2-4-9(13-7)11-14-10-6-17-5-8(10)12(16)15-11/h2-4H,5-6H2,1H3,(H,14,15,16). The molecule has 0 amide bonds. The van der Waals surface area contributed by atoms with Crippen molar-refractivity contribution in [2.75, 3.05) is 0 Å². The third-order valence-electron chi connectivity index (χ3n) is 2.73. The molecule has 5 heteroatoms. The number of aromatic nitrogens is 3. The first kappa shape index (κ1) is 10.9. The Kier molecular flexibility index (Phi) is 2.72. The topological polar surface area (TPSA) is 41.6 Å². The van der Waals surface area contributed by atoms with Crippen LogP contribution in [0.4, 0.5) is 0 Å². The minimum atomic E-state index is 0.710. The summed E-state index contributed by atoms with van der Waals surface area (Å²) in [6.45, 7) is 1.97. The monoisotopic (exact) mass is 261 g/mol. The number of fused-ring (bicyclic) bond motifs is 1. The first-order valence-corrected chi connectivity index (χ1v) is 6.94. The number of aromatic amines is 1. The number of H-pyrrole nitrogens is 1. The van der Waals surface area contributed by atoms with Gasteiger partial charge in [-0.3, -0.25) is 0 Å². The average molecular weight is 261 g/mol. The molecule has 2 aromatic rings. The smallest absolute Gasteiger partial charge is 0.157 e. The van der Waals surface area contributed by atoms with E-state index in [-0.39, 0.29) is 0 Å². The molecule has 3 heterocycles. The molecule has 0 radical (unpaired) electrons. The lowest BCUT2D eigenvalue weighted by Crippen LogP contribution is -1.99. The van der Waals surface area contributed by atoms with Crippen LogP contribution in [0.5, 0.6) is 0 Å². The number of rotatable bonds is 1. The van der Waals surface area contributed by atoms with E-state index < -0.39 is 0 Å². The van der Waals surface area contributed by atoms with E-state index >= 15 is 0 Å². The van der Waals surface area contributed by atoms with Gasteiger partial charge in [-0.15, -0.1) is 0 Å². The number of nitrogens with one attached hydrogen (secondary N) is 1. The fourth-order valence-corrected chi connectivity index (χ4v) is 3.31. The molecule has 0 spiro atoms. The minimum absolute atomic E-state index is 0.710. The lowest BCUT2D eigenvalue weighted by atomic mass is 10.2. The van der Waals surface area contributed by atoms with Gasteiger partial charge < -0.3 is 4.98 Å². The normalized spacial score (nSPS) is 13.7. The highest BCUT2D eigenvalue weighted by Gasteiger charge is 2.16. The molecule has 2 aromatic heterocycles. The zero-order valence-electron chi connectivity index (χ0n) is 9.36. The highest BCUT2D eigenvalue weighted by molar-refractivity contribution is 7.98. The van der Waals surface area contributed by atoms with E-state index in [4.69, 9.17) is 12.2 Å². The summed E-state index contributed by atoms with van der Waals surface area (Å²) in [6.07, 6.45) is 0. The van der Waals surface area contributed by atoms with Crippen molar-refractivity contribution in [1.82, 2.24) is 15.0 Å². The molecule has 0 bridgehead atoms. The van der Waals surface area contributed by atoms with E-state index in [9.17, 15) is 0 Å². The molecule has 17 heavy (non-hydrogen) atoms. The van der Waals surface area contributed by atoms with E-state index in [1.165, 1.54) is 11.3 Å². The van der Waals surface area contributed by atoms with Crippen molar-refractivity contribution in [3.63, 3.8) is 0 Å². The summed E-state index contributed by atoms with van der Waals surface area (Å²) < 4.78 is 0.710. The maximum Gasteiger partial charge on any atom is 0.157 e. The van der Waals surface area contributed by atoms with Crippen molar-refractivity contribution < 1.29 is 0 Å². The van der Waals surface area contributed by atoms with Gasteiger partial charge in [-0.1, -0.05) is 18.3 Å². The zero-order valence-corrected chi connectivity index (χ0v) is 11.0. The van der Waals surface area contributed by atoms with E-state index in [1.54, 1.807) is 0 Å². The molecular weight excluding hydrogens is 250 g/mol. The lowest BCUT2D eigenvalue weighted by Gasteiger charge is -2.05. The number of hydrogen-bond donors (Lipinski definition) is 1. The molecular formula is C12H11N3S2. The fraction of sp³-hybridized carbons (Fsp3) is 0.250. The van der Waals surface area contributed by atoms with Gasteiger partial charge in [-0.05, 0) is 19.1 Å². The second-order valence-corrected chi connectivity index (χ2v) is 5.38. The van der Waals surface area contributed by atoms with Crippen LogP contribution in [-0.2, 0) is 11.5 Å². The van der Waals surface area contributed by atoms with Crippen LogP contribution in [0, 0.1) is 11.6 Å². The van der Waals surface area contributed by atoms with Crippen molar-refractivity contribution in [1.29, 1.82) is 0 Å². The second-order valence-electron chi connectivity index (χ2n) is 4.00. The molecule has 1 aliphatic rings. The molecule has 0 fully saturated rings. The summed E-state index contributed by atoms with van der Waals surface area (Å²) in [7, 11) is 0. The summed E-state index contributed by atoms with van der Waals surface area (Å²) in [5, 5.41) is 0. The Bertz CT molecular complexity index is 634. The molecule has 86 valence electrons. The van der Waals surface area contributed by atoms with Gasteiger partial charge in [0.15, 0.2) is 5.82 Å². The molecule has 1 N–H and O–H groups in total. The molecule has 0 saturated carbocycles. The maximum absolute atomic E-state index is 5.33. The Balaban J connectivity index is 2.16.